The average molecular weight is 315 g/mol. The number of carbonyl (C=O) groups excluding carboxylic acids is 1. The summed E-state index contributed by atoms with van der Waals surface area (Å²) in [6, 6.07) is 7.03. The maximum absolute atomic E-state index is 13.5. The van der Waals surface area contributed by atoms with Crippen LogP contribution in [0.15, 0.2) is 36.4 Å². The highest BCUT2D eigenvalue weighted by Gasteiger charge is 2.32. The first kappa shape index (κ1) is 15.7. The number of rotatable bonds is 3. The van der Waals surface area contributed by atoms with Crippen LogP contribution in [0.5, 0.6) is 5.75 Å². The van der Waals surface area contributed by atoms with E-state index in [9.17, 15) is 22.4 Å². The summed E-state index contributed by atoms with van der Waals surface area (Å²) in [6.45, 7) is 0. The van der Waals surface area contributed by atoms with Crippen LogP contribution >= 0.6 is 0 Å². The lowest BCUT2D eigenvalue weighted by molar-refractivity contribution is -0.274. The minimum atomic E-state index is -4.91. The zero-order valence-electron chi connectivity index (χ0n) is 11.1. The van der Waals surface area contributed by atoms with Gasteiger partial charge in [0.05, 0.1) is 18.4 Å². The Morgan fingerprint density at radius 3 is 2.50 bits per heavy atom. The van der Waals surface area contributed by atoms with Gasteiger partial charge < -0.3 is 9.47 Å². The molecular formula is C14H9F4NO3. The first-order valence-electron chi connectivity index (χ1n) is 5.91. The van der Waals surface area contributed by atoms with E-state index in [1.165, 1.54) is 18.2 Å². The number of halogens is 4. The Bertz CT molecular complexity index is 701. The van der Waals surface area contributed by atoms with Crippen molar-refractivity contribution in [2.45, 2.75) is 6.36 Å². The summed E-state index contributed by atoms with van der Waals surface area (Å²) in [5, 5.41) is 0. The van der Waals surface area contributed by atoms with Crippen molar-refractivity contribution < 1.29 is 31.8 Å². The molecule has 1 aromatic carbocycles. The largest absolute Gasteiger partial charge is 0.573 e. The molecule has 22 heavy (non-hydrogen) atoms. The van der Waals surface area contributed by atoms with Gasteiger partial charge in [-0.15, -0.1) is 13.2 Å². The van der Waals surface area contributed by atoms with Crippen molar-refractivity contribution in [3.05, 3.63) is 47.9 Å². The van der Waals surface area contributed by atoms with E-state index in [2.05, 4.69) is 14.5 Å². The number of benzene rings is 1. The number of hydrogen-bond donors (Lipinski definition) is 0. The van der Waals surface area contributed by atoms with Crippen molar-refractivity contribution in [1.29, 1.82) is 0 Å². The van der Waals surface area contributed by atoms with E-state index >= 15 is 0 Å². The van der Waals surface area contributed by atoms with E-state index in [4.69, 9.17) is 0 Å². The van der Waals surface area contributed by atoms with Crippen molar-refractivity contribution in [1.82, 2.24) is 4.98 Å². The lowest BCUT2D eigenvalue weighted by Crippen LogP contribution is -2.17. The van der Waals surface area contributed by atoms with Gasteiger partial charge >= 0.3 is 12.3 Å². The van der Waals surface area contributed by atoms with Crippen LogP contribution in [0.4, 0.5) is 17.6 Å². The number of nitrogens with zero attached hydrogens (tertiary/aromatic N) is 1. The molecule has 0 aliphatic carbocycles. The minimum absolute atomic E-state index is 0.107. The van der Waals surface area contributed by atoms with Gasteiger partial charge in [0, 0.05) is 11.6 Å². The molecule has 0 atom stereocenters. The lowest BCUT2D eigenvalue weighted by atomic mass is 10.1. The molecule has 0 unspecified atom stereocenters. The lowest BCUT2D eigenvalue weighted by Gasteiger charge is -2.13. The van der Waals surface area contributed by atoms with Crippen molar-refractivity contribution >= 4 is 5.97 Å². The number of aromatic nitrogens is 1. The van der Waals surface area contributed by atoms with Crippen molar-refractivity contribution in [2.24, 2.45) is 0 Å². The van der Waals surface area contributed by atoms with Crippen LogP contribution in [0.2, 0.25) is 0 Å². The second-order valence-corrected chi connectivity index (χ2v) is 4.10. The Kier molecular flexibility index (Phi) is 4.30. The normalized spacial score (nSPS) is 11.1. The third kappa shape index (κ3) is 3.72. The highest BCUT2D eigenvalue weighted by molar-refractivity contribution is 5.90. The maximum Gasteiger partial charge on any atom is 0.573 e. The monoisotopic (exact) mass is 315 g/mol. The number of pyridine rings is 1. The summed E-state index contributed by atoms with van der Waals surface area (Å²) in [4.78, 5) is 14.9. The molecule has 0 saturated carbocycles. The SMILES string of the molecule is COC(=O)c1cc(F)nc(-c2ccccc2OC(F)(F)F)c1. The van der Waals surface area contributed by atoms with E-state index in [1.807, 2.05) is 0 Å². The quantitative estimate of drug-likeness (QED) is 0.493. The van der Waals surface area contributed by atoms with Gasteiger partial charge in [0.2, 0.25) is 5.95 Å². The summed E-state index contributed by atoms with van der Waals surface area (Å²) in [5.41, 5.74) is -0.462. The van der Waals surface area contributed by atoms with Crippen LogP contribution in [-0.4, -0.2) is 24.4 Å². The Balaban J connectivity index is 2.52. The zero-order chi connectivity index (χ0) is 16.3. The van der Waals surface area contributed by atoms with Gasteiger partial charge in [-0.05, 0) is 18.2 Å². The molecule has 0 bridgehead atoms. The fourth-order valence-corrected chi connectivity index (χ4v) is 1.76. The van der Waals surface area contributed by atoms with Gasteiger partial charge in [-0.1, -0.05) is 12.1 Å². The molecule has 0 aliphatic rings. The smallest absolute Gasteiger partial charge is 0.465 e. The third-order valence-electron chi connectivity index (χ3n) is 2.60. The van der Waals surface area contributed by atoms with Gasteiger partial charge in [-0.2, -0.15) is 4.39 Å². The molecule has 0 amide bonds. The fourth-order valence-electron chi connectivity index (χ4n) is 1.76. The van der Waals surface area contributed by atoms with E-state index in [1.54, 1.807) is 0 Å². The van der Waals surface area contributed by atoms with E-state index in [-0.39, 0.29) is 16.8 Å². The van der Waals surface area contributed by atoms with Crippen LogP contribution < -0.4 is 4.74 Å². The molecule has 116 valence electrons. The Labute approximate surface area is 122 Å². The molecule has 1 heterocycles. The number of esters is 1. The highest BCUT2D eigenvalue weighted by Crippen LogP contribution is 2.33. The zero-order valence-corrected chi connectivity index (χ0v) is 11.1. The van der Waals surface area contributed by atoms with E-state index in [0.717, 1.165) is 25.3 Å². The van der Waals surface area contributed by atoms with Gasteiger partial charge in [0.15, 0.2) is 0 Å². The fraction of sp³-hybridized carbons (Fsp3) is 0.143. The first-order chi connectivity index (χ1) is 10.3. The predicted molar refractivity (Wildman–Crippen MR) is 67.7 cm³/mol. The number of ether oxygens (including phenoxy) is 2. The van der Waals surface area contributed by atoms with Crippen LogP contribution in [0.3, 0.4) is 0 Å². The minimum Gasteiger partial charge on any atom is -0.465 e. The molecule has 4 nitrogen and oxygen atoms in total. The predicted octanol–water partition coefficient (Wildman–Crippen LogP) is 3.57. The highest BCUT2D eigenvalue weighted by atomic mass is 19.4. The van der Waals surface area contributed by atoms with Crippen molar-refractivity contribution in [2.75, 3.05) is 7.11 Å². The van der Waals surface area contributed by atoms with Crippen molar-refractivity contribution in [3.8, 4) is 17.0 Å². The Hall–Kier alpha value is -2.64. The topological polar surface area (TPSA) is 48.4 Å². The molecule has 0 N–H and O–H groups in total. The summed E-state index contributed by atoms with van der Waals surface area (Å²) < 4.78 is 59.0. The molecule has 0 saturated heterocycles. The summed E-state index contributed by atoms with van der Waals surface area (Å²) in [7, 11) is 1.10. The average Bonchev–Trinajstić information content (AvgIpc) is 2.44. The van der Waals surface area contributed by atoms with Gasteiger partial charge in [0.1, 0.15) is 5.75 Å². The number of alkyl halides is 3. The molecule has 0 radical (unpaired) electrons. The van der Waals surface area contributed by atoms with E-state index in [0.29, 0.717) is 0 Å². The second-order valence-electron chi connectivity index (χ2n) is 4.10. The molecule has 0 aliphatic heterocycles. The summed E-state index contributed by atoms with van der Waals surface area (Å²) in [5.74, 6) is -2.42. The van der Waals surface area contributed by atoms with Crippen LogP contribution in [0, 0.1) is 5.95 Å². The van der Waals surface area contributed by atoms with Crippen LogP contribution in [-0.2, 0) is 4.74 Å². The van der Waals surface area contributed by atoms with Gasteiger partial charge in [-0.25, -0.2) is 9.78 Å². The number of para-hydroxylation sites is 1. The number of methoxy groups -OCH3 is 1. The third-order valence-corrected chi connectivity index (χ3v) is 2.60. The molecule has 2 aromatic rings. The van der Waals surface area contributed by atoms with E-state index < -0.39 is 24.0 Å². The van der Waals surface area contributed by atoms with Gasteiger partial charge in [-0.3, -0.25) is 0 Å². The summed E-state index contributed by atoms with van der Waals surface area (Å²) in [6.07, 6.45) is -4.91. The standard InChI is InChI=1S/C14H9F4NO3/c1-21-13(20)8-6-10(19-12(15)7-8)9-4-2-3-5-11(9)22-14(16,17)18/h2-7H,1H3. The van der Waals surface area contributed by atoms with Crippen LogP contribution in [0.25, 0.3) is 11.3 Å². The second kappa shape index (κ2) is 6.00. The molecule has 0 fully saturated rings. The molecule has 2 rings (SSSR count). The molecular weight excluding hydrogens is 306 g/mol. The summed E-state index contributed by atoms with van der Waals surface area (Å²) >= 11 is 0. The first-order valence-corrected chi connectivity index (χ1v) is 5.91. The van der Waals surface area contributed by atoms with Gasteiger partial charge in [0.25, 0.3) is 0 Å². The molecule has 1 aromatic heterocycles. The molecule has 8 heteroatoms. The molecule has 0 spiro atoms. The Morgan fingerprint density at radius 1 is 1.18 bits per heavy atom. The van der Waals surface area contributed by atoms with Crippen LogP contribution in [0.1, 0.15) is 10.4 Å². The number of carbonyl (C=O) groups is 1. The maximum atomic E-state index is 13.5. The van der Waals surface area contributed by atoms with Crippen molar-refractivity contribution in [3.63, 3.8) is 0 Å². The Morgan fingerprint density at radius 2 is 1.86 bits per heavy atom. The number of hydrogen-bond acceptors (Lipinski definition) is 4.